The fourth-order valence-corrected chi connectivity index (χ4v) is 5.35. The SMILES string of the molecule is NC(=O)c1cccc2cn(-c3ccc(N4CCN(Cc5ccc(NC6CCC(=O)NC6=O)cc5)CC4)cc3)nc12. The molecule has 0 aliphatic carbocycles. The van der Waals surface area contributed by atoms with Crippen molar-refractivity contribution in [2.45, 2.75) is 25.4 Å². The minimum atomic E-state index is -0.482. The van der Waals surface area contributed by atoms with Crippen LogP contribution in [0.1, 0.15) is 28.8 Å². The fourth-order valence-electron chi connectivity index (χ4n) is 5.35. The Kier molecular flexibility index (Phi) is 6.91. The molecular weight excluding hydrogens is 506 g/mol. The Bertz CT molecular complexity index is 1550. The summed E-state index contributed by atoms with van der Waals surface area (Å²) < 4.78 is 1.78. The number of piperidine rings is 1. The number of primary amides is 1. The molecule has 204 valence electrons. The second-order valence-electron chi connectivity index (χ2n) is 10.3. The Hall–Kier alpha value is -4.70. The lowest BCUT2D eigenvalue weighted by atomic mass is 10.1. The first-order chi connectivity index (χ1) is 19.4. The van der Waals surface area contributed by atoms with E-state index in [0.29, 0.717) is 23.9 Å². The fraction of sp³-hybridized carbons (Fsp3) is 0.267. The monoisotopic (exact) mass is 537 g/mol. The molecule has 0 radical (unpaired) electrons. The van der Waals surface area contributed by atoms with Gasteiger partial charge in [0, 0.05) is 62.1 Å². The van der Waals surface area contributed by atoms with Crippen LogP contribution in [-0.4, -0.2) is 64.6 Å². The quantitative estimate of drug-likeness (QED) is 0.310. The predicted molar refractivity (Wildman–Crippen MR) is 153 cm³/mol. The van der Waals surface area contributed by atoms with E-state index >= 15 is 0 Å². The van der Waals surface area contributed by atoms with E-state index in [4.69, 9.17) is 5.73 Å². The number of aromatic nitrogens is 2. The summed E-state index contributed by atoms with van der Waals surface area (Å²) >= 11 is 0. The molecule has 10 nitrogen and oxygen atoms in total. The van der Waals surface area contributed by atoms with Crippen LogP contribution in [0, 0.1) is 0 Å². The van der Waals surface area contributed by atoms with Crippen molar-refractivity contribution in [2.24, 2.45) is 5.73 Å². The summed E-state index contributed by atoms with van der Waals surface area (Å²) in [5.41, 5.74) is 10.7. The van der Waals surface area contributed by atoms with Crippen LogP contribution in [-0.2, 0) is 16.1 Å². The number of nitrogens with two attached hydrogens (primary N) is 1. The number of nitrogens with zero attached hydrogens (tertiary/aromatic N) is 4. The van der Waals surface area contributed by atoms with E-state index in [1.54, 1.807) is 10.7 Å². The highest BCUT2D eigenvalue weighted by Gasteiger charge is 2.26. The Morgan fingerprint density at radius 3 is 2.38 bits per heavy atom. The van der Waals surface area contributed by atoms with Crippen molar-refractivity contribution in [3.05, 3.63) is 84.1 Å². The third kappa shape index (κ3) is 5.39. The smallest absolute Gasteiger partial charge is 0.250 e. The standard InChI is InChI=1S/C30H31N7O3/c31-29(39)25-3-1-2-21-19-37(34-28(21)25)24-10-8-23(9-11-24)36-16-14-35(15-17-36)18-20-4-6-22(7-5-20)32-26-12-13-27(38)33-30(26)40/h1-11,19,26,32H,12-18H2,(H2,31,39)(H,33,38,40). The second kappa shape index (κ2) is 10.8. The van der Waals surface area contributed by atoms with Crippen molar-refractivity contribution in [1.82, 2.24) is 20.0 Å². The molecule has 3 heterocycles. The van der Waals surface area contributed by atoms with E-state index in [2.05, 4.69) is 49.8 Å². The molecule has 1 unspecified atom stereocenters. The zero-order valence-corrected chi connectivity index (χ0v) is 22.0. The van der Waals surface area contributed by atoms with Crippen LogP contribution in [0.2, 0.25) is 0 Å². The van der Waals surface area contributed by atoms with Crippen molar-refractivity contribution in [2.75, 3.05) is 36.4 Å². The maximum Gasteiger partial charge on any atom is 0.250 e. The van der Waals surface area contributed by atoms with Gasteiger partial charge >= 0.3 is 0 Å². The first kappa shape index (κ1) is 25.6. The summed E-state index contributed by atoms with van der Waals surface area (Å²) in [7, 11) is 0. The zero-order chi connectivity index (χ0) is 27.6. The van der Waals surface area contributed by atoms with E-state index in [9.17, 15) is 14.4 Å². The molecule has 3 aromatic carbocycles. The minimum Gasteiger partial charge on any atom is -0.374 e. The summed E-state index contributed by atoms with van der Waals surface area (Å²) in [5.74, 6) is -0.953. The van der Waals surface area contributed by atoms with Crippen molar-refractivity contribution in [1.29, 1.82) is 0 Å². The zero-order valence-electron chi connectivity index (χ0n) is 22.0. The van der Waals surface area contributed by atoms with Gasteiger partial charge in [0.2, 0.25) is 11.8 Å². The molecule has 1 atom stereocenters. The van der Waals surface area contributed by atoms with Gasteiger partial charge in [-0.05, 0) is 54.4 Å². The lowest BCUT2D eigenvalue weighted by Crippen LogP contribution is -2.47. The molecule has 2 aliphatic heterocycles. The van der Waals surface area contributed by atoms with Crippen molar-refractivity contribution in [3.8, 4) is 5.69 Å². The number of carbonyl (C=O) groups excluding carboxylic acids is 3. The summed E-state index contributed by atoms with van der Waals surface area (Å²) in [6.07, 6.45) is 2.78. The van der Waals surface area contributed by atoms with Crippen LogP contribution in [0.25, 0.3) is 16.6 Å². The lowest BCUT2D eigenvalue weighted by molar-refractivity contribution is -0.133. The number of amides is 3. The van der Waals surface area contributed by atoms with Gasteiger partial charge in [-0.3, -0.25) is 24.6 Å². The highest BCUT2D eigenvalue weighted by atomic mass is 16.2. The number of nitrogens with one attached hydrogen (secondary N) is 2. The largest absolute Gasteiger partial charge is 0.374 e. The number of piperazine rings is 1. The molecule has 3 amide bonds. The summed E-state index contributed by atoms with van der Waals surface area (Å²) in [6.45, 7) is 4.65. The van der Waals surface area contributed by atoms with Gasteiger partial charge in [-0.15, -0.1) is 0 Å². The second-order valence-corrected chi connectivity index (χ2v) is 10.3. The average Bonchev–Trinajstić information content (AvgIpc) is 3.41. The summed E-state index contributed by atoms with van der Waals surface area (Å²) in [6, 6.07) is 21.5. The summed E-state index contributed by atoms with van der Waals surface area (Å²) in [4.78, 5) is 39.9. The molecule has 6 rings (SSSR count). The van der Waals surface area contributed by atoms with E-state index < -0.39 is 5.91 Å². The van der Waals surface area contributed by atoms with Crippen LogP contribution in [0.4, 0.5) is 11.4 Å². The van der Waals surface area contributed by atoms with Gasteiger partial charge < -0.3 is 16.0 Å². The third-order valence-corrected chi connectivity index (χ3v) is 7.59. The summed E-state index contributed by atoms with van der Waals surface area (Å²) in [5, 5.41) is 11.1. The van der Waals surface area contributed by atoms with Gasteiger partial charge in [0.25, 0.3) is 5.91 Å². The van der Waals surface area contributed by atoms with Crippen molar-refractivity contribution < 1.29 is 14.4 Å². The molecule has 40 heavy (non-hydrogen) atoms. The molecular formula is C30H31N7O3. The Labute approximate surface area is 231 Å². The maximum atomic E-state index is 12.0. The van der Waals surface area contributed by atoms with Crippen molar-refractivity contribution >= 4 is 40.0 Å². The highest BCUT2D eigenvalue weighted by molar-refractivity contribution is 6.04. The Balaban J connectivity index is 1.02. The van der Waals surface area contributed by atoms with Gasteiger partial charge in [0.05, 0.1) is 11.3 Å². The molecule has 4 N–H and O–H groups in total. The number of hydrogen-bond acceptors (Lipinski definition) is 7. The predicted octanol–water partition coefficient (Wildman–Crippen LogP) is 2.66. The van der Waals surface area contributed by atoms with E-state index in [-0.39, 0.29) is 17.9 Å². The molecule has 0 bridgehead atoms. The normalized spacial score (nSPS) is 18.1. The Morgan fingerprint density at radius 2 is 1.68 bits per heavy atom. The molecule has 2 saturated heterocycles. The van der Waals surface area contributed by atoms with Gasteiger partial charge in [0.15, 0.2) is 0 Å². The minimum absolute atomic E-state index is 0.208. The Morgan fingerprint density at radius 1 is 0.950 bits per heavy atom. The first-order valence-corrected chi connectivity index (χ1v) is 13.5. The van der Waals surface area contributed by atoms with E-state index in [0.717, 1.165) is 49.5 Å². The lowest BCUT2D eigenvalue weighted by Gasteiger charge is -2.36. The van der Waals surface area contributed by atoms with Gasteiger partial charge in [-0.2, -0.15) is 5.10 Å². The molecule has 0 saturated carbocycles. The number of imide groups is 1. The van der Waals surface area contributed by atoms with Gasteiger partial charge in [0.1, 0.15) is 11.6 Å². The number of anilines is 2. The third-order valence-electron chi connectivity index (χ3n) is 7.59. The van der Waals surface area contributed by atoms with Crippen LogP contribution >= 0.6 is 0 Å². The molecule has 10 heteroatoms. The molecule has 0 spiro atoms. The van der Waals surface area contributed by atoms with Crippen molar-refractivity contribution in [3.63, 3.8) is 0 Å². The van der Waals surface area contributed by atoms with Crippen LogP contribution in [0.3, 0.4) is 0 Å². The molecule has 1 aromatic heterocycles. The highest BCUT2D eigenvalue weighted by Crippen LogP contribution is 2.23. The number of fused-ring (bicyclic) bond motifs is 1. The van der Waals surface area contributed by atoms with Crippen LogP contribution < -0.4 is 21.3 Å². The van der Waals surface area contributed by atoms with E-state index in [1.807, 2.05) is 42.6 Å². The molecule has 4 aromatic rings. The maximum absolute atomic E-state index is 12.0. The number of rotatable bonds is 7. The van der Waals surface area contributed by atoms with Crippen LogP contribution in [0.5, 0.6) is 0 Å². The van der Waals surface area contributed by atoms with E-state index in [1.165, 1.54) is 11.3 Å². The average molecular weight is 538 g/mol. The number of hydrogen-bond donors (Lipinski definition) is 3. The topological polar surface area (TPSA) is 126 Å². The molecule has 2 fully saturated rings. The van der Waals surface area contributed by atoms with Gasteiger partial charge in [-0.1, -0.05) is 24.3 Å². The number of carbonyl (C=O) groups is 3. The van der Waals surface area contributed by atoms with Gasteiger partial charge in [-0.25, -0.2) is 4.68 Å². The molecule has 2 aliphatic rings. The van der Waals surface area contributed by atoms with Crippen LogP contribution in [0.15, 0.2) is 72.9 Å². The number of benzene rings is 3. The first-order valence-electron chi connectivity index (χ1n) is 13.5.